The van der Waals surface area contributed by atoms with Gasteiger partial charge in [0.1, 0.15) is 5.82 Å². The minimum Gasteiger partial charge on any atom is -0.310 e. The second-order valence-electron chi connectivity index (χ2n) is 4.80. The van der Waals surface area contributed by atoms with E-state index < -0.39 is 0 Å². The van der Waals surface area contributed by atoms with E-state index in [1.165, 1.54) is 17.2 Å². The highest BCUT2D eigenvalue weighted by atomic mass is 19.1. The second kappa shape index (κ2) is 6.48. The molecule has 1 atom stereocenters. The second-order valence-corrected chi connectivity index (χ2v) is 4.80. The molecule has 100 valence electrons. The molecule has 2 rings (SSSR count). The Labute approximate surface area is 114 Å². The first-order valence-corrected chi connectivity index (χ1v) is 6.74. The van der Waals surface area contributed by atoms with Crippen molar-refractivity contribution >= 4 is 0 Å². The van der Waals surface area contributed by atoms with Gasteiger partial charge in [-0.25, -0.2) is 4.39 Å². The highest BCUT2D eigenvalue weighted by Crippen LogP contribution is 2.22. The van der Waals surface area contributed by atoms with Gasteiger partial charge < -0.3 is 5.32 Å². The van der Waals surface area contributed by atoms with Gasteiger partial charge in [0.2, 0.25) is 0 Å². The number of nitrogens with one attached hydrogen (secondary N) is 1. The molecule has 0 aliphatic carbocycles. The molecule has 1 unspecified atom stereocenters. The Bertz CT molecular complexity index is 522. The van der Waals surface area contributed by atoms with Gasteiger partial charge >= 0.3 is 0 Å². The Morgan fingerprint density at radius 1 is 1.11 bits per heavy atom. The van der Waals surface area contributed by atoms with E-state index in [0.717, 1.165) is 18.5 Å². The van der Waals surface area contributed by atoms with E-state index in [9.17, 15) is 4.39 Å². The lowest BCUT2D eigenvalue weighted by Crippen LogP contribution is -2.23. The van der Waals surface area contributed by atoms with Crippen LogP contribution in [0.3, 0.4) is 0 Å². The van der Waals surface area contributed by atoms with Crippen molar-refractivity contribution in [2.75, 3.05) is 6.54 Å². The summed E-state index contributed by atoms with van der Waals surface area (Å²) in [5.41, 5.74) is 3.46. The van der Waals surface area contributed by atoms with Crippen LogP contribution in [0.1, 0.15) is 29.7 Å². The predicted molar refractivity (Wildman–Crippen MR) is 77.7 cm³/mol. The van der Waals surface area contributed by atoms with Crippen molar-refractivity contribution in [2.45, 2.75) is 26.3 Å². The van der Waals surface area contributed by atoms with Crippen LogP contribution in [0.15, 0.2) is 48.5 Å². The lowest BCUT2D eigenvalue weighted by Gasteiger charge is -2.20. The molecule has 0 heterocycles. The normalized spacial score (nSPS) is 12.4. The van der Waals surface area contributed by atoms with Gasteiger partial charge in [-0.15, -0.1) is 0 Å². The van der Waals surface area contributed by atoms with Gasteiger partial charge in [0.15, 0.2) is 0 Å². The SMILES string of the molecule is CCNC(Cc1ccccc1)c1ccc(F)cc1C. The molecule has 0 saturated heterocycles. The maximum atomic E-state index is 13.2. The topological polar surface area (TPSA) is 12.0 Å². The quantitative estimate of drug-likeness (QED) is 0.852. The van der Waals surface area contributed by atoms with Crippen LogP contribution in [0.4, 0.5) is 4.39 Å². The summed E-state index contributed by atoms with van der Waals surface area (Å²) in [5.74, 6) is -0.170. The van der Waals surface area contributed by atoms with Crippen LogP contribution >= 0.6 is 0 Å². The number of likely N-dealkylation sites (N-methyl/N-ethyl adjacent to an activating group) is 1. The summed E-state index contributed by atoms with van der Waals surface area (Å²) in [7, 11) is 0. The fourth-order valence-corrected chi connectivity index (χ4v) is 2.42. The number of halogens is 1. The van der Waals surface area contributed by atoms with Gasteiger partial charge in [0, 0.05) is 6.04 Å². The standard InChI is InChI=1S/C17H20FN/c1-3-19-17(12-14-7-5-4-6-8-14)16-10-9-15(18)11-13(16)2/h4-11,17,19H,3,12H2,1-2H3. The zero-order valence-corrected chi connectivity index (χ0v) is 11.5. The first kappa shape index (κ1) is 13.8. The Balaban J connectivity index is 2.24. The molecule has 19 heavy (non-hydrogen) atoms. The number of hydrogen-bond donors (Lipinski definition) is 1. The zero-order valence-electron chi connectivity index (χ0n) is 11.5. The fraction of sp³-hybridized carbons (Fsp3) is 0.294. The molecule has 0 amide bonds. The van der Waals surface area contributed by atoms with E-state index in [-0.39, 0.29) is 11.9 Å². The highest BCUT2D eigenvalue weighted by Gasteiger charge is 2.13. The van der Waals surface area contributed by atoms with Gasteiger partial charge in [-0.1, -0.05) is 43.3 Å². The Morgan fingerprint density at radius 2 is 1.84 bits per heavy atom. The molecule has 0 spiro atoms. The molecule has 2 heteroatoms. The Morgan fingerprint density at radius 3 is 2.47 bits per heavy atom. The first-order chi connectivity index (χ1) is 9.20. The largest absolute Gasteiger partial charge is 0.310 e. The highest BCUT2D eigenvalue weighted by molar-refractivity contribution is 5.31. The Hall–Kier alpha value is -1.67. The van der Waals surface area contributed by atoms with Crippen LogP contribution in [-0.4, -0.2) is 6.54 Å². The van der Waals surface area contributed by atoms with Gasteiger partial charge in [0.05, 0.1) is 0 Å². The summed E-state index contributed by atoms with van der Waals surface area (Å²) < 4.78 is 13.2. The molecule has 0 aromatic heterocycles. The van der Waals surface area contributed by atoms with Gasteiger partial charge in [-0.3, -0.25) is 0 Å². The van der Waals surface area contributed by atoms with Crippen LogP contribution < -0.4 is 5.32 Å². The monoisotopic (exact) mass is 257 g/mol. The van der Waals surface area contributed by atoms with Crippen LogP contribution in [0, 0.1) is 12.7 Å². The van der Waals surface area contributed by atoms with E-state index in [1.807, 2.05) is 19.1 Å². The van der Waals surface area contributed by atoms with Crippen molar-refractivity contribution in [3.05, 3.63) is 71.0 Å². The van der Waals surface area contributed by atoms with Crippen molar-refractivity contribution in [2.24, 2.45) is 0 Å². The van der Waals surface area contributed by atoms with Crippen LogP contribution in [0.25, 0.3) is 0 Å². The molecule has 0 aliphatic heterocycles. The molecular weight excluding hydrogens is 237 g/mol. The zero-order chi connectivity index (χ0) is 13.7. The molecule has 2 aromatic carbocycles. The number of hydrogen-bond acceptors (Lipinski definition) is 1. The molecule has 0 fully saturated rings. The molecule has 0 bridgehead atoms. The van der Waals surface area contributed by atoms with Crippen LogP contribution in [-0.2, 0) is 6.42 Å². The van der Waals surface area contributed by atoms with E-state index in [0.29, 0.717) is 0 Å². The fourth-order valence-electron chi connectivity index (χ4n) is 2.42. The minimum absolute atomic E-state index is 0.170. The summed E-state index contributed by atoms with van der Waals surface area (Å²) in [6.45, 7) is 4.96. The van der Waals surface area contributed by atoms with Crippen molar-refractivity contribution in [1.29, 1.82) is 0 Å². The average molecular weight is 257 g/mol. The van der Waals surface area contributed by atoms with E-state index in [4.69, 9.17) is 0 Å². The van der Waals surface area contributed by atoms with E-state index in [1.54, 1.807) is 6.07 Å². The van der Waals surface area contributed by atoms with Crippen LogP contribution in [0.5, 0.6) is 0 Å². The Kier molecular flexibility index (Phi) is 4.69. The molecule has 0 radical (unpaired) electrons. The summed E-state index contributed by atoms with van der Waals surface area (Å²) in [6, 6.07) is 15.6. The third-order valence-electron chi connectivity index (χ3n) is 3.34. The van der Waals surface area contributed by atoms with Crippen molar-refractivity contribution < 1.29 is 4.39 Å². The molecule has 1 nitrogen and oxygen atoms in total. The predicted octanol–water partition coefficient (Wildman–Crippen LogP) is 4.03. The van der Waals surface area contributed by atoms with E-state index in [2.05, 4.69) is 36.5 Å². The smallest absolute Gasteiger partial charge is 0.123 e. The maximum absolute atomic E-state index is 13.2. The summed E-state index contributed by atoms with van der Waals surface area (Å²) in [4.78, 5) is 0. The first-order valence-electron chi connectivity index (χ1n) is 6.74. The average Bonchev–Trinajstić information content (AvgIpc) is 2.39. The lowest BCUT2D eigenvalue weighted by molar-refractivity contribution is 0.544. The number of rotatable bonds is 5. The third-order valence-corrected chi connectivity index (χ3v) is 3.34. The van der Waals surface area contributed by atoms with Gasteiger partial charge in [-0.2, -0.15) is 0 Å². The van der Waals surface area contributed by atoms with Crippen molar-refractivity contribution in [1.82, 2.24) is 5.32 Å². The summed E-state index contributed by atoms with van der Waals surface area (Å²) in [6.07, 6.45) is 0.918. The molecule has 0 aliphatic rings. The van der Waals surface area contributed by atoms with Gasteiger partial charge in [0.25, 0.3) is 0 Å². The van der Waals surface area contributed by atoms with Crippen LogP contribution in [0.2, 0.25) is 0 Å². The molecular formula is C17H20FN. The molecule has 2 aromatic rings. The molecule has 1 N–H and O–H groups in total. The maximum Gasteiger partial charge on any atom is 0.123 e. The lowest BCUT2D eigenvalue weighted by atomic mass is 9.95. The molecule has 0 saturated carbocycles. The minimum atomic E-state index is -0.170. The van der Waals surface area contributed by atoms with Gasteiger partial charge in [-0.05, 0) is 48.7 Å². The summed E-state index contributed by atoms with van der Waals surface area (Å²) >= 11 is 0. The van der Waals surface area contributed by atoms with Crippen molar-refractivity contribution in [3.8, 4) is 0 Å². The van der Waals surface area contributed by atoms with E-state index >= 15 is 0 Å². The third kappa shape index (κ3) is 3.65. The summed E-state index contributed by atoms with van der Waals surface area (Å²) in [5, 5.41) is 3.49. The van der Waals surface area contributed by atoms with Crippen molar-refractivity contribution in [3.63, 3.8) is 0 Å². The number of aryl methyl sites for hydroxylation is 1. The number of benzene rings is 2.